The number of methoxy groups -OCH3 is 1. The largest absolute Gasteiger partial charge is 0.497 e. The summed E-state index contributed by atoms with van der Waals surface area (Å²) >= 11 is 0. The zero-order valence-corrected chi connectivity index (χ0v) is 23.1. The third-order valence-electron chi connectivity index (χ3n) is 7.05. The maximum atomic E-state index is 11.2. The Balaban J connectivity index is 1.38. The Morgan fingerprint density at radius 3 is 2.15 bits per heavy atom. The maximum absolute atomic E-state index is 11.2. The van der Waals surface area contributed by atoms with Gasteiger partial charge >= 0.3 is 0 Å². The fraction of sp³-hybridized carbons (Fsp3) is 0.265. The van der Waals surface area contributed by atoms with Gasteiger partial charge in [-0.15, -0.1) is 0 Å². The molecule has 4 aromatic rings. The van der Waals surface area contributed by atoms with Crippen LogP contribution in [0.5, 0.6) is 11.5 Å². The van der Waals surface area contributed by atoms with E-state index in [-0.39, 0.29) is 6.04 Å². The van der Waals surface area contributed by atoms with Crippen molar-refractivity contribution in [3.63, 3.8) is 0 Å². The molecule has 0 saturated carbocycles. The molecule has 6 nitrogen and oxygen atoms in total. The van der Waals surface area contributed by atoms with Crippen LogP contribution in [0.3, 0.4) is 0 Å². The Bertz CT molecular complexity index is 1310. The number of rotatable bonds is 15. The minimum Gasteiger partial charge on any atom is -0.497 e. The highest BCUT2D eigenvalue weighted by atomic mass is 16.5. The van der Waals surface area contributed by atoms with E-state index in [1.165, 1.54) is 11.1 Å². The Kier molecular flexibility index (Phi) is 10.7. The molecule has 4 aromatic carbocycles. The number of hydrogen-bond donors (Lipinski definition) is 3. The molecule has 0 bridgehead atoms. The molecule has 0 aliphatic carbocycles. The summed E-state index contributed by atoms with van der Waals surface area (Å²) in [5.41, 5.74) is 4.81. The number of carbonyl (C=O) groups is 1. The predicted molar refractivity (Wildman–Crippen MR) is 160 cm³/mol. The van der Waals surface area contributed by atoms with Crippen LogP contribution in [0.4, 0.5) is 5.69 Å². The summed E-state index contributed by atoms with van der Waals surface area (Å²) in [6, 6.07) is 34.2. The minimum atomic E-state index is -0.744. The number of benzene rings is 4. The zero-order chi connectivity index (χ0) is 28.2. The molecule has 0 saturated heterocycles. The van der Waals surface area contributed by atoms with E-state index < -0.39 is 6.10 Å². The van der Waals surface area contributed by atoms with Crippen LogP contribution in [0, 0.1) is 0 Å². The highest BCUT2D eigenvalue weighted by Gasteiger charge is 2.18. The lowest BCUT2D eigenvalue weighted by Crippen LogP contribution is -2.32. The first-order valence-corrected chi connectivity index (χ1v) is 13.7. The summed E-state index contributed by atoms with van der Waals surface area (Å²) in [5.74, 6) is 1.70. The van der Waals surface area contributed by atoms with Crippen LogP contribution < -0.4 is 20.1 Å². The topological polar surface area (TPSA) is 79.8 Å². The van der Waals surface area contributed by atoms with Crippen molar-refractivity contribution in [3.05, 3.63) is 125 Å². The van der Waals surface area contributed by atoms with Gasteiger partial charge in [-0.05, 0) is 72.2 Å². The molecule has 0 spiro atoms. The van der Waals surface area contributed by atoms with E-state index in [4.69, 9.17) is 9.47 Å². The summed E-state index contributed by atoms with van der Waals surface area (Å²) in [7, 11) is 1.68. The summed E-state index contributed by atoms with van der Waals surface area (Å²) in [4.78, 5) is 11.2. The van der Waals surface area contributed by atoms with Crippen molar-refractivity contribution in [2.24, 2.45) is 0 Å². The van der Waals surface area contributed by atoms with Gasteiger partial charge < -0.3 is 25.2 Å². The normalized spacial score (nSPS) is 13.2. The number of ether oxygens (including phenoxy) is 2. The first-order valence-electron chi connectivity index (χ1n) is 13.7. The monoisotopic (exact) mass is 538 g/mol. The average molecular weight is 539 g/mol. The van der Waals surface area contributed by atoms with Crippen LogP contribution in [-0.2, 0) is 17.8 Å². The highest BCUT2D eigenvalue weighted by Crippen LogP contribution is 2.30. The molecule has 3 N–H and O–H groups in total. The van der Waals surface area contributed by atoms with E-state index in [9.17, 15) is 9.90 Å². The summed E-state index contributed by atoms with van der Waals surface area (Å²) < 4.78 is 11.3. The highest BCUT2D eigenvalue weighted by molar-refractivity contribution is 5.76. The molecule has 0 radical (unpaired) electrons. The van der Waals surface area contributed by atoms with Gasteiger partial charge in [0.05, 0.1) is 18.9 Å². The Morgan fingerprint density at radius 2 is 1.50 bits per heavy atom. The SMILES string of the molecule is COc1ccc(C(Cc2ccccc2)CC(C)NCC(O)c2ccc(OCc3ccccc3)c(NC=O)c2)cc1. The molecule has 6 heteroatoms. The van der Waals surface area contributed by atoms with Crippen LogP contribution in [0.25, 0.3) is 0 Å². The van der Waals surface area contributed by atoms with Crippen molar-refractivity contribution in [1.82, 2.24) is 5.32 Å². The Hall–Kier alpha value is -4.13. The van der Waals surface area contributed by atoms with Crippen LogP contribution in [0.1, 0.15) is 47.6 Å². The van der Waals surface area contributed by atoms with Gasteiger partial charge in [0.2, 0.25) is 6.41 Å². The standard InChI is InChI=1S/C34H38N2O4/c1-25(19-30(20-26-9-5-3-6-10-26)28-13-16-31(39-2)17-14-28)35-22-33(38)29-15-18-34(32(21-29)36-24-37)40-23-27-11-7-4-8-12-27/h3-18,21,24-25,30,33,35,38H,19-20,22-23H2,1-2H3,(H,36,37). The Labute approximate surface area is 237 Å². The van der Waals surface area contributed by atoms with Crippen LogP contribution in [0.2, 0.25) is 0 Å². The summed E-state index contributed by atoms with van der Waals surface area (Å²) in [6.45, 7) is 2.91. The molecular formula is C34H38N2O4. The number of amides is 1. The molecule has 0 aliphatic rings. The predicted octanol–water partition coefficient (Wildman–Crippen LogP) is 6.27. The molecule has 0 heterocycles. The first-order chi connectivity index (χ1) is 19.6. The van der Waals surface area contributed by atoms with E-state index in [1.807, 2.05) is 54.6 Å². The number of nitrogens with one attached hydrogen (secondary N) is 2. The van der Waals surface area contributed by atoms with E-state index in [1.54, 1.807) is 19.2 Å². The molecule has 3 unspecified atom stereocenters. The smallest absolute Gasteiger partial charge is 0.211 e. The van der Waals surface area contributed by atoms with E-state index in [0.29, 0.717) is 42.5 Å². The molecule has 0 aliphatic heterocycles. The third-order valence-corrected chi connectivity index (χ3v) is 7.05. The fourth-order valence-corrected chi connectivity index (χ4v) is 4.85. The van der Waals surface area contributed by atoms with Gasteiger partial charge in [0.25, 0.3) is 0 Å². The molecule has 3 atom stereocenters. The molecule has 0 aromatic heterocycles. The summed E-state index contributed by atoms with van der Waals surface area (Å²) in [5, 5.41) is 17.2. The first kappa shape index (κ1) is 28.9. The minimum absolute atomic E-state index is 0.159. The quantitative estimate of drug-likeness (QED) is 0.156. The van der Waals surface area contributed by atoms with Gasteiger partial charge in [0.15, 0.2) is 0 Å². The lowest BCUT2D eigenvalue weighted by molar-refractivity contribution is -0.105. The van der Waals surface area contributed by atoms with Crippen LogP contribution in [0.15, 0.2) is 103 Å². The molecule has 0 fully saturated rings. The fourth-order valence-electron chi connectivity index (χ4n) is 4.85. The van der Waals surface area contributed by atoms with E-state index in [2.05, 4.69) is 54.0 Å². The summed E-state index contributed by atoms with van der Waals surface area (Å²) in [6.07, 6.45) is 1.70. The molecule has 208 valence electrons. The third kappa shape index (κ3) is 8.43. The number of hydrogen-bond acceptors (Lipinski definition) is 5. The lowest BCUT2D eigenvalue weighted by Gasteiger charge is -2.24. The van der Waals surface area contributed by atoms with Gasteiger partial charge in [-0.3, -0.25) is 4.79 Å². The molecule has 4 rings (SSSR count). The molecule has 40 heavy (non-hydrogen) atoms. The van der Waals surface area contributed by atoms with Crippen molar-refractivity contribution in [2.45, 2.75) is 44.4 Å². The second kappa shape index (κ2) is 14.9. The van der Waals surface area contributed by atoms with Crippen molar-refractivity contribution >= 4 is 12.1 Å². The molecule has 1 amide bonds. The zero-order valence-electron chi connectivity index (χ0n) is 23.1. The van der Waals surface area contributed by atoms with Crippen molar-refractivity contribution < 1.29 is 19.4 Å². The van der Waals surface area contributed by atoms with Crippen molar-refractivity contribution in [1.29, 1.82) is 0 Å². The van der Waals surface area contributed by atoms with Crippen molar-refractivity contribution in [2.75, 3.05) is 19.0 Å². The average Bonchev–Trinajstić information content (AvgIpc) is 3.00. The maximum Gasteiger partial charge on any atom is 0.211 e. The van der Waals surface area contributed by atoms with E-state index in [0.717, 1.165) is 24.2 Å². The number of carbonyl (C=O) groups excluding carboxylic acids is 1. The lowest BCUT2D eigenvalue weighted by atomic mass is 9.87. The van der Waals surface area contributed by atoms with Crippen LogP contribution >= 0.6 is 0 Å². The van der Waals surface area contributed by atoms with Gasteiger partial charge in [-0.2, -0.15) is 0 Å². The van der Waals surface area contributed by atoms with Crippen LogP contribution in [-0.4, -0.2) is 31.2 Å². The number of anilines is 1. The second-order valence-corrected chi connectivity index (χ2v) is 10.0. The van der Waals surface area contributed by atoms with Gasteiger partial charge in [0.1, 0.15) is 18.1 Å². The number of aliphatic hydroxyl groups excluding tert-OH is 1. The molecular weight excluding hydrogens is 500 g/mol. The number of aliphatic hydroxyl groups is 1. The van der Waals surface area contributed by atoms with Gasteiger partial charge in [0, 0.05) is 12.6 Å². The van der Waals surface area contributed by atoms with Crippen molar-refractivity contribution in [3.8, 4) is 11.5 Å². The van der Waals surface area contributed by atoms with Gasteiger partial charge in [-0.25, -0.2) is 0 Å². The Morgan fingerprint density at radius 1 is 0.850 bits per heavy atom. The second-order valence-electron chi connectivity index (χ2n) is 10.0. The van der Waals surface area contributed by atoms with E-state index >= 15 is 0 Å². The van der Waals surface area contributed by atoms with Gasteiger partial charge in [-0.1, -0.05) is 78.9 Å².